The molecule has 2 amide bonds. The standard InChI is InChI=1S/C27H27N5O2/c1-16-10-12-32(26-15-21(28)5-8-24(26)30-16)27(34)20-3-6-22(25(14-20)31-17(2)33)18-4-7-23-19(13-18)9-11-29-23/h3-9,11,13-16,29-30H,10,12,28H2,1-2H3,(H,31,33). The summed E-state index contributed by atoms with van der Waals surface area (Å²) in [7, 11) is 0. The molecule has 1 aromatic heterocycles. The van der Waals surface area contributed by atoms with Crippen LogP contribution in [0.4, 0.5) is 22.7 Å². The van der Waals surface area contributed by atoms with Gasteiger partial charge in [0.15, 0.2) is 0 Å². The summed E-state index contributed by atoms with van der Waals surface area (Å²) in [5.74, 6) is -0.332. The number of anilines is 4. The second-order valence-electron chi connectivity index (χ2n) is 8.79. The van der Waals surface area contributed by atoms with Crippen molar-refractivity contribution in [2.24, 2.45) is 0 Å². The minimum absolute atomic E-state index is 0.137. The summed E-state index contributed by atoms with van der Waals surface area (Å²) in [4.78, 5) is 30.7. The Morgan fingerprint density at radius 2 is 1.91 bits per heavy atom. The van der Waals surface area contributed by atoms with Crippen LogP contribution in [0.1, 0.15) is 30.6 Å². The van der Waals surface area contributed by atoms with Gasteiger partial charge >= 0.3 is 0 Å². The number of hydrogen-bond acceptors (Lipinski definition) is 4. The third kappa shape index (κ3) is 4.08. The zero-order valence-corrected chi connectivity index (χ0v) is 19.2. The highest BCUT2D eigenvalue weighted by atomic mass is 16.2. The topological polar surface area (TPSA) is 103 Å². The van der Waals surface area contributed by atoms with E-state index >= 15 is 0 Å². The van der Waals surface area contributed by atoms with Crippen molar-refractivity contribution >= 4 is 45.5 Å². The second-order valence-corrected chi connectivity index (χ2v) is 8.79. The number of nitrogens with zero attached hydrogens (tertiary/aromatic N) is 1. The third-order valence-corrected chi connectivity index (χ3v) is 6.19. The van der Waals surface area contributed by atoms with Gasteiger partial charge in [-0.05, 0) is 72.8 Å². The van der Waals surface area contributed by atoms with Crippen LogP contribution in [-0.4, -0.2) is 29.4 Å². The van der Waals surface area contributed by atoms with Crippen LogP contribution in [-0.2, 0) is 4.79 Å². The van der Waals surface area contributed by atoms with Crippen LogP contribution < -0.4 is 21.3 Å². The Hall–Kier alpha value is -4.26. The molecule has 3 aromatic carbocycles. The van der Waals surface area contributed by atoms with Crippen molar-refractivity contribution in [2.45, 2.75) is 26.3 Å². The van der Waals surface area contributed by atoms with Crippen LogP contribution in [0.2, 0.25) is 0 Å². The molecule has 0 saturated carbocycles. The number of benzene rings is 3. The lowest BCUT2D eigenvalue weighted by molar-refractivity contribution is -0.114. The fourth-order valence-electron chi connectivity index (χ4n) is 4.48. The van der Waals surface area contributed by atoms with E-state index in [9.17, 15) is 9.59 Å². The lowest BCUT2D eigenvalue weighted by Crippen LogP contribution is -2.32. The zero-order valence-electron chi connectivity index (χ0n) is 19.2. The largest absolute Gasteiger partial charge is 0.399 e. The quantitative estimate of drug-likeness (QED) is 0.319. The predicted molar refractivity (Wildman–Crippen MR) is 138 cm³/mol. The second kappa shape index (κ2) is 8.59. The maximum Gasteiger partial charge on any atom is 0.258 e. The number of fused-ring (bicyclic) bond motifs is 2. The SMILES string of the molecule is CC(=O)Nc1cc(C(=O)N2CCC(C)Nc3ccc(N)cc32)ccc1-c1ccc2[nH]ccc2c1. The average Bonchev–Trinajstić information content (AvgIpc) is 3.21. The van der Waals surface area contributed by atoms with Gasteiger partial charge in [-0.3, -0.25) is 9.59 Å². The molecule has 1 aliphatic heterocycles. The molecule has 1 atom stereocenters. The zero-order chi connectivity index (χ0) is 23.8. The molecule has 5 N–H and O–H groups in total. The summed E-state index contributed by atoms with van der Waals surface area (Å²) in [5.41, 5.74) is 12.2. The number of H-pyrrole nitrogens is 1. The molecular formula is C27H27N5O2. The Balaban J connectivity index is 1.56. The van der Waals surface area contributed by atoms with Crippen LogP contribution in [0.3, 0.4) is 0 Å². The summed E-state index contributed by atoms with van der Waals surface area (Å²) < 4.78 is 0. The smallest absolute Gasteiger partial charge is 0.258 e. The number of hydrogen-bond donors (Lipinski definition) is 4. The number of nitrogen functional groups attached to an aromatic ring is 1. The monoisotopic (exact) mass is 453 g/mol. The van der Waals surface area contributed by atoms with E-state index in [2.05, 4.69) is 28.6 Å². The molecule has 0 radical (unpaired) electrons. The van der Waals surface area contributed by atoms with Gasteiger partial charge in [0.25, 0.3) is 5.91 Å². The molecule has 4 aromatic rings. The van der Waals surface area contributed by atoms with Gasteiger partial charge in [0.05, 0.1) is 11.4 Å². The van der Waals surface area contributed by atoms with Crippen LogP contribution >= 0.6 is 0 Å². The van der Waals surface area contributed by atoms with E-state index in [1.165, 1.54) is 6.92 Å². The average molecular weight is 454 g/mol. The van der Waals surface area contributed by atoms with Gasteiger partial charge in [-0.25, -0.2) is 0 Å². The molecular weight excluding hydrogens is 426 g/mol. The van der Waals surface area contributed by atoms with Gasteiger partial charge < -0.3 is 26.3 Å². The number of carbonyl (C=O) groups excluding carboxylic acids is 2. The summed E-state index contributed by atoms with van der Waals surface area (Å²) >= 11 is 0. The predicted octanol–water partition coefficient (Wildman–Crippen LogP) is 5.23. The van der Waals surface area contributed by atoms with Crippen LogP contribution in [0.5, 0.6) is 0 Å². The number of nitrogens with two attached hydrogens (primary N) is 1. The van der Waals surface area contributed by atoms with Crippen LogP contribution in [0.15, 0.2) is 66.9 Å². The van der Waals surface area contributed by atoms with E-state index in [1.807, 2.05) is 54.7 Å². The van der Waals surface area contributed by atoms with E-state index in [1.54, 1.807) is 11.0 Å². The molecule has 1 aliphatic rings. The Kier molecular flexibility index (Phi) is 5.45. The number of aromatic nitrogens is 1. The van der Waals surface area contributed by atoms with E-state index in [0.717, 1.165) is 39.8 Å². The number of amides is 2. The van der Waals surface area contributed by atoms with Crippen molar-refractivity contribution in [1.82, 2.24) is 4.98 Å². The van der Waals surface area contributed by atoms with E-state index in [0.29, 0.717) is 23.5 Å². The Labute approximate surface area is 198 Å². The van der Waals surface area contributed by atoms with Crippen molar-refractivity contribution in [3.8, 4) is 11.1 Å². The van der Waals surface area contributed by atoms with E-state index in [4.69, 9.17) is 5.73 Å². The first-order valence-corrected chi connectivity index (χ1v) is 11.4. The van der Waals surface area contributed by atoms with Crippen molar-refractivity contribution < 1.29 is 9.59 Å². The van der Waals surface area contributed by atoms with Gasteiger partial charge in [0.2, 0.25) is 5.91 Å². The van der Waals surface area contributed by atoms with Gasteiger partial charge in [-0.1, -0.05) is 12.1 Å². The molecule has 1 unspecified atom stereocenters. The Bertz CT molecular complexity index is 1410. The third-order valence-electron chi connectivity index (χ3n) is 6.19. The van der Waals surface area contributed by atoms with Gasteiger partial charge in [0, 0.05) is 53.7 Å². The summed E-state index contributed by atoms with van der Waals surface area (Å²) in [6.45, 7) is 4.12. The van der Waals surface area contributed by atoms with Crippen molar-refractivity contribution in [2.75, 3.05) is 27.8 Å². The molecule has 2 heterocycles. The molecule has 5 rings (SSSR count). The molecule has 7 heteroatoms. The molecule has 0 aliphatic carbocycles. The Morgan fingerprint density at radius 3 is 2.74 bits per heavy atom. The van der Waals surface area contributed by atoms with E-state index in [-0.39, 0.29) is 17.9 Å². The van der Waals surface area contributed by atoms with Crippen molar-refractivity contribution in [3.63, 3.8) is 0 Å². The lowest BCUT2D eigenvalue weighted by atomic mass is 9.99. The molecule has 0 bridgehead atoms. The number of nitrogens with one attached hydrogen (secondary N) is 3. The molecule has 0 spiro atoms. The highest BCUT2D eigenvalue weighted by molar-refractivity contribution is 6.10. The molecule has 172 valence electrons. The van der Waals surface area contributed by atoms with Gasteiger partial charge in [-0.15, -0.1) is 0 Å². The van der Waals surface area contributed by atoms with Crippen LogP contribution in [0.25, 0.3) is 22.0 Å². The number of aromatic amines is 1. The molecule has 34 heavy (non-hydrogen) atoms. The highest BCUT2D eigenvalue weighted by Gasteiger charge is 2.25. The van der Waals surface area contributed by atoms with Crippen LogP contribution in [0, 0.1) is 0 Å². The first-order valence-electron chi connectivity index (χ1n) is 11.4. The molecule has 0 saturated heterocycles. The fourth-order valence-corrected chi connectivity index (χ4v) is 4.48. The molecule has 0 fully saturated rings. The van der Waals surface area contributed by atoms with Crippen molar-refractivity contribution in [1.29, 1.82) is 0 Å². The summed E-state index contributed by atoms with van der Waals surface area (Å²) in [5, 5.41) is 7.44. The molecule has 7 nitrogen and oxygen atoms in total. The van der Waals surface area contributed by atoms with Gasteiger partial charge in [-0.2, -0.15) is 0 Å². The minimum Gasteiger partial charge on any atom is -0.399 e. The lowest BCUT2D eigenvalue weighted by Gasteiger charge is -2.23. The Morgan fingerprint density at radius 1 is 1.06 bits per heavy atom. The first-order chi connectivity index (χ1) is 16.4. The van der Waals surface area contributed by atoms with E-state index < -0.39 is 0 Å². The van der Waals surface area contributed by atoms with Gasteiger partial charge in [0.1, 0.15) is 0 Å². The maximum absolute atomic E-state index is 13.7. The first kappa shape index (κ1) is 21.6. The number of rotatable bonds is 3. The van der Waals surface area contributed by atoms with Crippen molar-refractivity contribution in [3.05, 3.63) is 72.4 Å². The summed E-state index contributed by atoms with van der Waals surface area (Å²) in [6, 6.07) is 19.3. The summed E-state index contributed by atoms with van der Waals surface area (Å²) in [6.07, 6.45) is 2.69. The highest BCUT2D eigenvalue weighted by Crippen LogP contribution is 2.35. The number of carbonyl (C=O) groups is 2. The minimum atomic E-state index is -0.195. The maximum atomic E-state index is 13.7. The normalized spacial score (nSPS) is 15.4. The fraction of sp³-hybridized carbons (Fsp3) is 0.185.